The molecule has 0 aliphatic carbocycles. The Labute approximate surface area is 154 Å². The topological polar surface area (TPSA) is 9.23 Å². The zero-order chi connectivity index (χ0) is 16.4. The third-order valence-electron chi connectivity index (χ3n) is 3.16. The summed E-state index contributed by atoms with van der Waals surface area (Å²) in [7, 11) is 0. The molecule has 0 fully saturated rings. The predicted octanol–water partition coefficient (Wildman–Crippen LogP) is 6.54. The first-order chi connectivity index (χ1) is 10.2. The Bertz CT molecular complexity index is 453. The number of hydrogen-bond acceptors (Lipinski definition) is 2. The molecule has 22 heavy (non-hydrogen) atoms. The van der Waals surface area contributed by atoms with E-state index in [0.29, 0.717) is 5.92 Å². The van der Waals surface area contributed by atoms with Gasteiger partial charge < -0.3 is 4.74 Å². The first kappa shape index (κ1) is 24.0. The molecule has 0 amide bonds. The number of fused-ring (bicyclic) bond motifs is 1. The van der Waals surface area contributed by atoms with Gasteiger partial charge in [-0.3, -0.25) is 0 Å². The van der Waals surface area contributed by atoms with Gasteiger partial charge in [0.15, 0.2) is 0 Å². The van der Waals surface area contributed by atoms with Gasteiger partial charge in [0, 0.05) is 24.3 Å². The Morgan fingerprint density at radius 2 is 1.82 bits per heavy atom. The van der Waals surface area contributed by atoms with Crippen molar-refractivity contribution in [3.8, 4) is 5.75 Å². The molecule has 0 spiro atoms. The van der Waals surface area contributed by atoms with Gasteiger partial charge in [-0.05, 0) is 29.1 Å². The van der Waals surface area contributed by atoms with Gasteiger partial charge in [-0.1, -0.05) is 54.0 Å². The largest absolute Gasteiger partial charge is 0.514 e. The van der Waals surface area contributed by atoms with Crippen molar-refractivity contribution in [2.24, 2.45) is 0 Å². The van der Waals surface area contributed by atoms with Gasteiger partial charge in [-0.25, -0.2) is 0 Å². The van der Waals surface area contributed by atoms with Crippen LogP contribution in [0.3, 0.4) is 0 Å². The minimum Gasteiger partial charge on any atom is -0.514 e. The number of thioether (sulfide) groups is 1. The maximum Gasteiger partial charge on any atom is 0.107 e. The van der Waals surface area contributed by atoms with Crippen LogP contribution < -0.4 is 4.74 Å². The molecular weight excluding hydrogens is 327 g/mol. The molecule has 0 unspecified atom stereocenters. The second kappa shape index (κ2) is 13.2. The summed E-state index contributed by atoms with van der Waals surface area (Å²) in [5.41, 5.74) is 3.84. The standard InChI is InChI=1S/C15H19OS.2C2H6.V/c1-5-11-9-16-14-8-12(10(2)3)6-7-13(14)15(11)17-4;2*1-2;/h7-8,10H,5,9H2,1-4H3;2*1-2H3;/q-1;;;. The van der Waals surface area contributed by atoms with E-state index in [1.54, 1.807) is 0 Å². The zero-order valence-electron chi connectivity index (χ0n) is 15.4. The summed E-state index contributed by atoms with van der Waals surface area (Å²) >= 11 is 1.81. The van der Waals surface area contributed by atoms with Crippen molar-refractivity contribution in [3.63, 3.8) is 0 Å². The molecule has 0 bridgehead atoms. The molecule has 1 radical (unpaired) electrons. The van der Waals surface area contributed by atoms with E-state index < -0.39 is 0 Å². The molecule has 3 heteroatoms. The smallest absolute Gasteiger partial charge is 0.107 e. The van der Waals surface area contributed by atoms with Gasteiger partial charge in [0.25, 0.3) is 0 Å². The Morgan fingerprint density at radius 3 is 2.27 bits per heavy atom. The van der Waals surface area contributed by atoms with E-state index >= 15 is 0 Å². The Kier molecular flexibility index (Phi) is 14.3. The van der Waals surface area contributed by atoms with Crippen molar-refractivity contribution in [3.05, 3.63) is 34.9 Å². The van der Waals surface area contributed by atoms with Crippen molar-refractivity contribution in [2.45, 2.75) is 60.8 Å². The molecule has 1 heterocycles. The summed E-state index contributed by atoms with van der Waals surface area (Å²) in [6, 6.07) is 7.61. The SMILES string of the molecule is CC.CC.CCC1=C(SC)c2c[c-]c(C(C)C)cc2OC1.[V]. The maximum absolute atomic E-state index is 5.86. The fourth-order valence-electron chi connectivity index (χ4n) is 2.06. The van der Waals surface area contributed by atoms with Crippen LogP contribution in [-0.4, -0.2) is 12.9 Å². The van der Waals surface area contributed by atoms with Crippen LogP contribution in [0, 0.1) is 6.07 Å². The van der Waals surface area contributed by atoms with Gasteiger partial charge in [-0.2, -0.15) is 17.7 Å². The molecular formula is C19H31OSV-. The molecule has 0 saturated carbocycles. The normalized spacial score (nSPS) is 12.0. The summed E-state index contributed by atoms with van der Waals surface area (Å²) in [5, 5.41) is 0. The fraction of sp³-hybridized carbons (Fsp3) is 0.579. The Morgan fingerprint density at radius 1 is 1.23 bits per heavy atom. The van der Waals surface area contributed by atoms with Gasteiger partial charge in [0.1, 0.15) is 6.61 Å². The Hall–Kier alpha value is -0.306. The van der Waals surface area contributed by atoms with Gasteiger partial charge in [-0.15, -0.1) is 17.8 Å². The maximum atomic E-state index is 5.86. The molecule has 1 aliphatic heterocycles. The van der Waals surface area contributed by atoms with Crippen LogP contribution in [0.2, 0.25) is 0 Å². The molecule has 2 rings (SSSR count). The molecule has 125 valence electrons. The average Bonchev–Trinajstić information content (AvgIpc) is 2.56. The summed E-state index contributed by atoms with van der Waals surface area (Å²) in [6.45, 7) is 15.3. The van der Waals surface area contributed by atoms with Crippen molar-refractivity contribution in [1.82, 2.24) is 0 Å². The van der Waals surface area contributed by atoms with Crippen molar-refractivity contribution in [2.75, 3.05) is 12.9 Å². The summed E-state index contributed by atoms with van der Waals surface area (Å²) in [4.78, 5) is 1.38. The molecule has 0 saturated heterocycles. The minimum atomic E-state index is 0. The van der Waals surface area contributed by atoms with Gasteiger partial charge >= 0.3 is 0 Å². The first-order valence-electron chi connectivity index (χ1n) is 8.12. The monoisotopic (exact) mass is 358 g/mol. The number of rotatable bonds is 3. The number of ether oxygens (including phenoxy) is 1. The van der Waals surface area contributed by atoms with Crippen LogP contribution in [0.1, 0.15) is 71.9 Å². The van der Waals surface area contributed by atoms with Crippen LogP contribution in [0.4, 0.5) is 0 Å². The van der Waals surface area contributed by atoms with E-state index in [2.05, 4.69) is 45.2 Å². The van der Waals surface area contributed by atoms with Crippen molar-refractivity contribution < 1.29 is 23.3 Å². The van der Waals surface area contributed by atoms with Crippen LogP contribution in [0.5, 0.6) is 5.75 Å². The molecule has 0 atom stereocenters. The molecule has 0 N–H and O–H groups in total. The third-order valence-corrected chi connectivity index (χ3v) is 4.07. The first-order valence-corrected chi connectivity index (χ1v) is 9.34. The number of benzene rings is 1. The molecule has 1 aromatic carbocycles. The van der Waals surface area contributed by atoms with Crippen LogP contribution in [-0.2, 0) is 18.6 Å². The minimum absolute atomic E-state index is 0. The second-order valence-corrected chi connectivity index (χ2v) is 5.42. The van der Waals surface area contributed by atoms with E-state index in [1.165, 1.54) is 21.6 Å². The average molecular weight is 358 g/mol. The molecule has 1 aromatic rings. The van der Waals surface area contributed by atoms with Crippen molar-refractivity contribution >= 4 is 16.7 Å². The second-order valence-electron chi connectivity index (χ2n) is 4.60. The zero-order valence-corrected chi connectivity index (χ0v) is 17.6. The van der Waals surface area contributed by atoms with E-state index in [4.69, 9.17) is 4.74 Å². The molecule has 1 nitrogen and oxygen atoms in total. The fourth-order valence-corrected chi connectivity index (χ4v) is 2.93. The molecule has 1 aliphatic rings. The van der Waals surface area contributed by atoms with Crippen LogP contribution >= 0.6 is 11.8 Å². The van der Waals surface area contributed by atoms with E-state index in [9.17, 15) is 0 Å². The summed E-state index contributed by atoms with van der Waals surface area (Å²) in [6.07, 6.45) is 3.19. The van der Waals surface area contributed by atoms with E-state index in [-0.39, 0.29) is 18.6 Å². The van der Waals surface area contributed by atoms with E-state index in [1.807, 2.05) is 39.5 Å². The Balaban J connectivity index is 0. The van der Waals surface area contributed by atoms with Crippen molar-refractivity contribution in [1.29, 1.82) is 0 Å². The van der Waals surface area contributed by atoms with E-state index in [0.717, 1.165) is 18.8 Å². The molecule has 0 aromatic heterocycles. The third kappa shape index (κ3) is 6.06. The number of hydrogen-bond donors (Lipinski definition) is 0. The van der Waals surface area contributed by atoms with Crippen LogP contribution in [0.15, 0.2) is 17.7 Å². The van der Waals surface area contributed by atoms with Gasteiger partial charge in [0.05, 0.1) is 0 Å². The summed E-state index contributed by atoms with van der Waals surface area (Å²) in [5.74, 6) is 1.52. The summed E-state index contributed by atoms with van der Waals surface area (Å²) < 4.78 is 5.86. The van der Waals surface area contributed by atoms with Crippen LogP contribution in [0.25, 0.3) is 4.91 Å². The quantitative estimate of drug-likeness (QED) is 0.568. The van der Waals surface area contributed by atoms with Gasteiger partial charge in [0.2, 0.25) is 0 Å². The predicted molar refractivity (Wildman–Crippen MR) is 98.3 cm³/mol.